The summed E-state index contributed by atoms with van der Waals surface area (Å²) in [5, 5.41) is 2.57. The van der Waals surface area contributed by atoms with Crippen LogP contribution in [0.15, 0.2) is 30.5 Å². The third kappa shape index (κ3) is 2.76. The van der Waals surface area contributed by atoms with Crippen LogP contribution in [0.5, 0.6) is 0 Å². The van der Waals surface area contributed by atoms with Crippen LogP contribution in [0.25, 0.3) is 0 Å². The highest BCUT2D eigenvalue weighted by atomic mass is 19.1. The molecule has 1 aromatic carbocycles. The number of nitrogens with two attached hydrogens (primary N) is 2. The van der Waals surface area contributed by atoms with Crippen LogP contribution in [-0.4, -0.2) is 10.9 Å². The van der Waals surface area contributed by atoms with E-state index in [4.69, 9.17) is 11.5 Å². The van der Waals surface area contributed by atoms with E-state index >= 15 is 0 Å². The molecule has 2 rings (SSSR count). The number of rotatable bonds is 3. The molecule has 7 heteroatoms. The largest absolute Gasteiger partial charge is 0.397 e. The first kappa shape index (κ1) is 12.7. The summed E-state index contributed by atoms with van der Waals surface area (Å²) in [5.41, 5.74) is 10.9. The molecule has 0 unspecified atom stereocenters. The lowest BCUT2D eigenvalue weighted by Gasteiger charge is -2.10. The summed E-state index contributed by atoms with van der Waals surface area (Å²) in [6.07, 6.45) is 1.29. The molecule has 1 aromatic heterocycles. The summed E-state index contributed by atoms with van der Waals surface area (Å²) in [4.78, 5) is 15.1. The van der Waals surface area contributed by atoms with Crippen molar-refractivity contribution in [2.75, 3.05) is 11.1 Å². The molecule has 0 fully saturated rings. The number of aromatic nitrogens is 1. The summed E-state index contributed by atoms with van der Waals surface area (Å²) >= 11 is 0. The van der Waals surface area contributed by atoms with Crippen LogP contribution in [-0.2, 0) is 0 Å². The Morgan fingerprint density at radius 1 is 1.26 bits per heavy atom. The van der Waals surface area contributed by atoms with E-state index in [1.165, 1.54) is 18.3 Å². The number of halogens is 2. The summed E-state index contributed by atoms with van der Waals surface area (Å²) < 4.78 is 26.2. The third-order valence-electron chi connectivity index (χ3n) is 2.36. The standard InChI is InChI=1S/C12H10F2N4O/c13-6-1-2-10(9(14)3-6)18-12-8(11(16)19)4-7(15)5-17-12/h1-5H,15H2,(H2,16,19)(H,17,18). The highest BCUT2D eigenvalue weighted by molar-refractivity contribution is 5.99. The Balaban J connectivity index is 2.40. The van der Waals surface area contributed by atoms with E-state index in [1.54, 1.807) is 0 Å². The van der Waals surface area contributed by atoms with Crippen LogP contribution in [0.2, 0.25) is 0 Å². The van der Waals surface area contributed by atoms with Crippen molar-refractivity contribution in [2.24, 2.45) is 5.73 Å². The van der Waals surface area contributed by atoms with Gasteiger partial charge in [0.1, 0.15) is 17.5 Å². The Morgan fingerprint density at radius 2 is 2.00 bits per heavy atom. The van der Waals surface area contributed by atoms with Crippen molar-refractivity contribution in [3.05, 3.63) is 47.7 Å². The van der Waals surface area contributed by atoms with Crippen LogP contribution < -0.4 is 16.8 Å². The lowest BCUT2D eigenvalue weighted by molar-refractivity contribution is 0.100. The normalized spacial score (nSPS) is 10.2. The number of pyridine rings is 1. The van der Waals surface area contributed by atoms with Crippen LogP contribution in [0, 0.1) is 11.6 Å². The number of carbonyl (C=O) groups is 1. The molecule has 5 nitrogen and oxygen atoms in total. The molecule has 0 saturated heterocycles. The van der Waals surface area contributed by atoms with E-state index in [-0.39, 0.29) is 22.8 Å². The van der Waals surface area contributed by atoms with Gasteiger partial charge in [-0.3, -0.25) is 4.79 Å². The second-order valence-electron chi connectivity index (χ2n) is 3.78. The van der Waals surface area contributed by atoms with E-state index in [9.17, 15) is 13.6 Å². The van der Waals surface area contributed by atoms with Gasteiger partial charge in [-0.2, -0.15) is 0 Å². The maximum Gasteiger partial charge on any atom is 0.252 e. The van der Waals surface area contributed by atoms with Crippen molar-refractivity contribution in [2.45, 2.75) is 0 Å². The van der Waals surface area contributed by atoms with Gasteiger partial charge in [0, 0.05) is 6.07 Å². The van der Waals surface area contributed by atoms with E-state index < -0.39 is 17.5 Å². The van der Waals surface area contributed by atoms with Crippen LogP contribution >= 0.6 is 0 Å². The highest BCUT2D eigenvalue weighted by Gasteiger charge is 2.12. The summed E-state index contributed by atoms with van der Waals surface area (Å²) in [6, 6.07) is 4.29. The van der Waals surface area contributed by atoms with Crippen molar-refractivity contribution < 1.29 is 13.6 Å². The van der Waals surface area contributed by atoms with Gasteiger partial charge in [0.2, 0.25) is 0 Å². The topological polar surface area (TPSA) is 94.0 Å². The summed E-state index contributed by atoms with van der Waals surface area (Å²) in [7, 11) is 0. The van der Waals surface area contributed by atoms with Gasteiger partial charge in [-0.05, 0) is 18.2 Å². The van der Waals surface area contributed by atoms with Gasteiger partial charge in [-0.25, -0.2) is 13.8 Å². The van der Waals surface area contributed by atoms with E-state index in [0.29, 0.717) is 6.07 Å². The van der Waals surface area contributed by atoms with Gasteiger partial charge >= 0.3 is 0 Å². The zero-order chi connectivity index (χ0) is 14.0. The minimum Gasteiger partial charge on any atom is -0.397 e. The van der Waals surface area contributed by atoms with Crippen molar-refractivity contribution >= 4 is 23.1 Å². The molecule has 19 heavy (non-hydrogen) atoms. The molecule has 0 aliphatic heterocycles. The number of anilines is 3. The van der Waals surface area contributed by atoms with E-state index in [0.717, 1.165) is 6.07 Å². The zero-order valence-electron chi connectivity index (χ0n) is 9.65. The SMILES string of the molecule is NC(=O)c1cc(N)cnc1Nc1ccc(F)cc1F. The number of hydrogen-bond donors (Lipinski definition) is 3. The number of nitrogens with one attached hydrogen (secondary N) is 1. The first-order valence-electron chi connectivity index (χ1n) is 5.25. The fraction of sp³-hybridized carbons (Fsp3) is 0. The average Bonchev–Trinajstić information content (AvgIpc) is 2.34. The second kappa shape index (κ2) is 4.89. The molecule has 0 atom stereocenters. The molecule has 0 radical (unpaired) electrons. The lowest BCUT2D eigenvalue weighted by Crippen LogP contribution is -2.15. The number of hydrogen-bond acceptors (Lipinski definition) is 4. The number of amides is 1. The van der Waals surface area contributed by atoms with E-state index in [2.05, 4.69) is 10.3 Å². The molecule has 0 saturated carbocycles. The van der Waals surface area contributed by atoms with Gasteiger partial charge in [0.25, 0.3) is 5.91 Å². The first-order valence-corrected chi connectivity index (χ1v) is 5.25. The predicted molar refractivity (Wildman–Crippen MR) is 66.8 cm³/mol. The molecular formula is C12H10F2N4O. The Morgan fingerprint density at radius 3 is 2.63 bits per heavy atom. The molecule has 0 aliphatic rings. The summed E-state index contributed by atoms with van der Waals surface area (Å²) in [5.74, 6) is -2.23. The Bertz CT molecular complexity index is 646. The second-order valence-corrected chi connectivity index (χ2v) is 3.78. The Kier molecular flexibility index (Phi) is 3.28. The molecule has 0 spiro atoms. The lowest BCUT2D eigenvalue weighted by atomic mass is 10.2. The Hall–Kier alpha value is -2.70. The van der Waals surface area contributed by atoms with Crippen LogP contribution in [0.4, 0.5) is 26.0 Å². The molecule has 0 aliphatic carbocycles. The monoisotopic (exact) mass is 264 g/mol. The quantitative estimate of drug-likeness (QED) is 0.787. The molecule has 5 N–H and O–H groups in total. The van der Waals surface area contributed by atoms with Crippen molar-refractivity contribution in [1.82, 2.24) is 4.98 Å². The fourth-order valence-electron chi connectivity index (χ4n) is 1.49. The smallest absolute Gasteiger partial charge is 0.252 e. The van der Waals surface area contributed by atoms with Crippen LogP contribution in [0.1, 0.15) is 10.4 Å². The highest BCUT2D eigenvalue weighted by Crippen LogP contribution is 2.22. The molecule has 98 valence electrons. The molecule has 1 amide bonds. The number of nitrogen functional groups attached to an aromatic ring is 1. The fourth-order valence-corrected chi connectivity index (χ4v) is 1.49. The third-order valence-corrected chi connectivity index (χ3v) is 2.36. The van der Waals surface area contributed by atoms with Crippen molar-refractivity contribution in [3.63, 3.8) is 0 Å². The number of nitrogens with zero attached hydrogens (tertiary/aromatic N) is 1. The minimum absolute atomic E-state index is 0.0173. The van der Waals surface area contributed by atoms with Gasteiger partial charge in [0.05, 0.1) is 23.1 Å². The first-order chi connectivity index (χ1) is 8.97. The molecule has 2 aromatic rings. The molecular weight excluding hydrogens is 254 g/mol. The predicted octanol–water partition coefficient (Wildman–Crippen LogP) is 1.78. The number of benzene rings is 1. The zero-order valence-corrected chi connectivity index (χ0v) is 9.65. The van der Waals surface area contributed by atoms with Crippen molar-refractivity contribution in [1.29, 1.82) is 0 Å². The molecule has 0 bridgehead atoms. The number of carbonyl (C=O) groups excluding carboxylic acids is 1. The van der Waals surface area contributed by atoms with Gasteiger partial charge in [0.15, 0.2) is 0 Å². The maximum absolute atomic E-state index is 13.5. The van der Waals surface area contributed by atoms with Gasteiger partial charge in [-0.15, -0.1) is 0 Å². The van der Waals surface area contributed by atoms with Crippen molar-refractivity contribution in [3.8, 4) is 0 Å². The maximum atomic E-state index is 13.5. The Labute approximate surface area is 107 Å². The summed E-state index contributed by atoms with van der Waals surface area (Å²) in [6.45, 7) is 0. The van der Waals surface area contributed by atoms with Crippen LogP contribution in [0.3, 0.4) is 0 Å². The van der Waals surface area contributed by atoms with E-state index in [1.807, 2.05) is 0 Å². The number of primary amides is 1. The van der Waals surface area contributed by atoms with Gasteiger partial charge < -0.3 is 16.8 Å². The molecule has 1 heterocycles. The average molecular weight is 264 g/mol. The minimum atomic E-state index is -0.811. The van der Waals surface area contributed by atoms with Gasteiger partial charge in [-0.1, -0.05) is 0 Å².